The van der Waals surface area contributed by atoms with E-state index in [1.807, 2.05) is 24.3 Å². The zero-order valence-corrected chi connectivity index (χ0v) is 26.4. The predicted molar refractivity (Wildman–Crippen MR) is 172 cm³/mol. The maximum Gasteiger partial charge on any atom is 0.338 e. The van der Waals surface area contributed by atoms with Crippen LogP contribution in [0.1, 0.15) is 121 Å². The van der Waals surface area contributed by atoms with Crippen molar-refractivity contribution in [3.05, 3.63) is 129 Å². The first kappa shape index (κ1) is 32.3. The summed E-state index contributed by atoms with van der Waals surface area (Å²) in [6.07, 6.45) is 0.311. The van der Waals surface area contributed by atoms with E-state index in [0.717, 1.165) is 17.5 Å². The summed E-state index contributed by atoms with van der Waals surface area (Å²) in [7, 11) is 1.19. The lowest BCUT2D eigenvalue weighted by Gasteiger charge is -2.31. The predicted octanol–water partition coefficient (Wildman–Crippen LogP) is 7.27. The lowest BCUT2D eigenvalue weighted by molar-refractivity contribution is 0.00335. The number of hydrogen-bond acceptors (Lipinski definition) is 10. The zero-order valence-electron chi connectivity index (χ0n) is 26.4. The number of fused-ring (bicyclic) bond motifs is 2. The van der Waals surface area contributed by atoms with Crippen LogP contribution in [0, 0.1) is 0 Å². The van der Waals surface area contributed by atoms with Crippen molar-refractivity contribution in [3.8, 4) is 11.5 Å². The molecule has 0 bridgehead atoms. The first-order valence-electron chi connectivity index (χ1n) is 15.7. The van der Waals surface area contributed by atoms with Crippen LogP contribution in [-0.2, 0) is 18.9 Å². The number of rotatable bonds is 7. The van der Waals surface area contributed by atoms with Crippen molar-refractivity contribution >= 4 is 23.9 Å². The smallest absolute Gasteiger partial charge is 0.338 e. The van der Waals surface area contributed by atoms with E-state index < -0.39 is 42.2 Å². The summed E-state index contributed by atoms with van der Waals surface area (Å²) in [4.78, 5) is 51.7. The van der Waals surface area contributed by atoms with Gasteiger partial charge in [0.05, 0.1) is 29.4 Å². The molecular weight excluding hydrogens is 616 g/mol. The van der Waals surface area contributed by atoms with Crippen molar-refractivity contribution < 1.29 is 48.3 Å². The van der Waals surface area contributed by atoms with Gasteiger partial charge >= 0.3 is 23.9 Å². The summed E-state index contributed by atoms with van der Waals surface area (Å²) in [5, 5.41) is 20.5. The van der Waals surface area contributed by atoms with Gasteiger partial charge in [0.25, 0.3) is 0 Å². The molecule has 0 saturated carbocycles. The summed E-state index contributed by atoms with van der Waals surface area (Å²) in [6, 6.07) is 22.4. The maximum atomic E-state index is 13.4. The van der Waals surface area contributed by atoms with Crippen LogP contribution in [0.4, 0.5) is 0 Å². The quantitative estimate of drug-likeness (QED) is 0.155. The van der Waals surface area contributed by atoms with E-state index in [1.54, 1.807) is 24.3 Å². The number of phenols is 2. The van der Waals surface area contributed by atoms with Crippen molar-refractivity contribution in [2.75, 3.05) is 7.11 Å². The van der Waals surface area contributed by atoms with Crippen molar-refractivity contribution in [2.45, 2.75) is 56.8 Å². The highest BCUT2D eigenvalue weighted by atomic mass is 16.6. The van der Waals surface area contributed by atoms with Crippen molar-refractivity contribution in [2.24, 2.45) is 0 Å². The minimum atomic E-state index is -0.753. The van der Waals surface area contributed by atoms with Gasteiger partial charge in [-0.3, -0.25) is 0 Å². The first-order valence-corrected chi connectivity index (χ1v) is 15.7. The molecule has 10 heteroatoms. The van der Waals surface area contributed by atoms with Gasteiger partial charge < -0.3 is 29.2 Å². The highest BCUT2D eigenvalue weighted by Crippen LogP contribution is 2.42. The molecule has 2 aliphatic rings. The highest BCUT2D eigenvalue weighted by molar-refractivity contribution is 5.97. The third-order valence-corrected chi connectivity index (χ3v) is 8.83. The minimum absolute atomic E-state index is 0.00204. The van der Waals surface area contributed by atoms with Crippen LogP contribution in [0.2, 0.25) is 0 Å². The average Bonchev–Trinajstić information content (AvgIpc) is 3.09. The molecular formula is C38H34O10. The van der Waals surface area contributed by atoms with Gasteiger partial charge in [0.2, 0.25) is 0 Å². The van der Waals surface area contributed by atoms with Crippen LogP contribution in [0.15, 0.2) is 84.9 Å². The number of aromatic hydroxyl groups is 2. The van der Waals surface area contributed by atoms with E-state index in [2.05, 4.69) is 11.7 Å². The molecule has 4 atom stereocenters. The number of carbonyl (C=O) groups excluding carboxylic acids is 4. The van der Waals surface area contributed by atoms with Gasteiger partial charge in [0.1, 0.15) is 29.8 Å². The van der Waals surface area contributed by atoms with E-state index in [-0.39, 0.29) is 33.8 Å². The van der Waals surface area contributed by atoms with Crippen LogP contribution in [0.5, 0.6) is 11.5 Å². The number of hydrogen-bond donors (Lipinski definition) is 2. The van der Waals surface area contributed by atoms with Crippen molar-refractivity contribution in [1.82, 2.24) is 0 Å². The van der Waals surface area contributed by atoms with Gasteiger partial charge in [-0.05, 0) is 90.3 Å². The molecule has 0 fully saturated rings. The summed E-state index contributed by atoms with van der Waals surface area (Å²) >= 11 is 0. The van der Waals surface area contributed by atoms with Gasteiger partial charge in [-0.2, -0.15) is 0 Å². The number of phenolic OH excluding ortho intramolecular Hbond substituents is 2. The van der Waals surface area contributed by atoms with E-state index in [9.17, 15) is 29.4 Å². The Morgan fingerprint density at radius 3 is 1.25 bits per heavy atom. The maximum absolute atomic E-state index is 13.4. The van der Waals surface area contributed by atoms with Crippen LogP contribution in [-0.4, -0.2) is 41.2 Å². The molecule has 246 valence electrons. The minimum Gasteiger partial charge on any atom is -0.508 e. The SMILES string of the molecule is COC(=O)c1cc(O)cc(C(=O)OC2CCC(OC(=O)c3cc(O)cc(C(=O)OC4CCC(C)c5ccccc54)c3)c3ccccc32)c1. The van der Waals surface area contributed by atoms with E-state index in [1.165, 1.54) is 43.5 Å². The van der Waals surface area contributed by atoms with Crippen LogP contribution < -0.4 is 0 Å². The van der Waals surface area contributed by atoms with Gasteiger partial charge in [0.15, 0.2) is 0 Å². The molecule has 0 aliphatic heterocycles. The molecule has 0 radical (unpaired) electrons. The topological polar surface area (TPSA) is 146 Å². The summed E-state index contributed by atoms with van der Waals surface area (Å²) in [5.74, 6) is -3.10. The van der Waals surface area contributed by atoms with Gasteiger partial charge in [-0.1, -0.05) is 55.5 Å². The lowest BCUT2D eigenvalue weighted by atomic mass is 9.82. The summed E-state index contributed by atoms with van der Waals surface area (Å²) in [5.41, 5.74) is 3.33. The summed E-state index contributed by atoms with van der Waals surface area (Å²) < 4.78 is 22.2. The van der Waals surface area contributed by atoms with Gasteiger partial charge in [-0.15, -0.1) is 0 Å². The van der Waals surface area contributed by atoms with Crippen molar-refractivity contribution in [1.29, 1.82) is 0 Å². The Labute approximate surface area is 276 Å². The van der Waals surface area contributed by atoms with Gasteiger partial charge in [-0.25, -0.2) is 19.2 Å². The molecule has 0 heterocycles. The second kappa shape index (κ2) is 13.6. The molecule has 0 aromatic heterocycles. The average molecular weight is 651 g/mol. The normalized spacial score (nSPS) is 19.6. The monoisotopic (exact) mass is 650 g/mol. The molecule has 0 saturated heterocycles. The molecule has 48 heavy (non-hydrogen) atoms. The third kappa shape index (κ3) is 6.73. The fourth-order valence-electron chi connectivity index (χ4n) is 6.45. The fraction of sp³-hybridized carbons (Fsp3) is 0.263. The lowest BCUT2D eigenvalue weighted by Crippen LogP contribution is -2.23. The number of methoxy groups -OCH3 is 1. The number of benzene rings is 4. The van der Waals surface area contributed by atoms with Crippen molar-refractivity contribution in [3.63, 3.8) is 0 Å². The molecule has 6 rings (SSSR count). The van der Waals surface area contributed by atoms with E-state index in [0.29, 0.717) is 36.3 Å². The Hall–Kier alpha value is -5.64. The molecule has 2 aliphatic carbocycles. The summed E-state index contributed by atoms with van der Waals surface area (Å²) in [6.45, 7) is 2.14. The zero-order chi connectivity index (χ0) is 33.9. The first-order chi connectivity index (χ1) is 23.1. The molecule has 4 unspecified atom stereocenters. The Kier molecular flexibility index (Phi) is 9.16. The number of esters is 4. The Bertz CT molecular complexity index is 1900. The number of carbonyl (C=O) groups is 4. The molecule has 0 amide bonds. The Balaban J connectivity index is 1.16. The van der Waals surface area contributed by atoms with Crippen LogP contribution >= 0.6 is 0 Å². The molecule has 10 nitrogen and oxygen atoms in total. The second-order valence-corrected chi connectivity index (χ2v) is 12.0. The van der Waals surface area contributed by atoms with E-state index >= 15 is 0 Å². The Morgan fingerprint density at radius 2 is 0.854 bits per heavy atom. The molecule has 4 aromatic rings. The second-order valence-electron chi connectivity index (χ2n) is 12.0. The number of ether oxygens (including phenoxy) is 4. The van der Waals surface area contributed by atoms with E-state index in [4.69, 9.17) is 14.2 Å². The van der Waals surface area contributed by atoms with Crippen LogP contribution in [0.25, 0.3) is 0 Å². The third-order valence-electron chi connectivity index (χ3n) is 8.83. The largest absolute Gasteiger partial charge is 0.508 e. The standard InChI is InChI=1S/C38H34O10/c1-21-11-12-32(29-8-4-3-7-28(21)29)46-37(43)24-16-25(20-27(40)19-24)38(44)48-34-14-13-33(30-9-5-6-10-31(30)34)47-36(42)23-15-22(35(41)45-2)17-26(39)18-23/h3-10,15-21,32-34,39-40H,11-14H2,1-2H3. The highest BCUT2D eigenvalue weighted by Gasteiger charge is 2.33. The van der Waals surface area contributed by atoms with Gasteiger partial charge in [0, 0.05) is 0 Å². The molecule has 0 spiro atoms. The van der Waals surface area contributed by atoms with Crippen LogP contribution in [0.3, 0.4) is 0 Å². The fourth-order valence-corrected chi connectivity index (χ4v) is 6.45. The Morgan fingerprint density at radius 1 is 0.521 bits per heavy atom. The molecule has 4 aromatic carbocycles. The molecule has 2 N–H and O–H groups in total.